The van der Waals surface area contributed by atoms with Gasteiger partial charge in [-0.3, -0.25) is 0 Å². The van der Waals surface area contributed by atoms with Crippen molar-refractivity contribution in [2.24, 2.45) is 0 Å². The van der Waals surface area contributed by atoms with Gasteiger partial charge in [0.2, 0.25) is 0 Å². The molecule has 0 spiro atoms. The van der Waals surface area contributed by atoms with E-state index in [1.54, 1.807) is 0 Å². The van der Waals surface area contributed by atoms with Crippen molar-refractivity contribution in [3.8, 4) is 28.7 Å². The third-order valence-corrected chi connectivity index (χ3v) is 5.76. The molecule has 0 fully saturated rings. The number of rotatable bonds is 13. The number of hydrogen-bond acceptors (Lipinski definition) is 3. The Labute approximate surface area is 210 Å². The monoisotopic (exact) mass is 468 g/mol. The fraction of sp³-hybridized carbons (Fsp3) is 0.344. The summed E-state index contributed by atoms with van der Waals surface area (Å²) in [6.07, 6.45) is 8.68. The van der Waals surface area contributed by atoms with Gasteiger partial charge in [-0.1, -0.05) is 86.9 Å². The maximum atomic E-state index is 12.3. The van der Waals surface area contributed by atoms with E-state index in [9.17, 15) is 4.79 Å². The maximum absolute atomic E-state index is 12.3. The smallest absolute Gasteiger partial charge is 0.338 e. The van der Waals surface area contributed by atoms with Crippen LogP contribution >= 0.6 is 0 Å². The lowest BCUT2D eigenvalue weighted by Gasteiger charge is -2.08. The van der Waals surface area contributed by atoms with Gasteiger partial charge in [-0.15, -0.1) is 0 Å². The minimum absolute atomic E-state index is 0.283. The van der Waals surface area contributed by atoms with Gasteiger partial charge >= 0.3 is 5.97 Å². The average Bonchev–Trinajstić information content (AvgIpc) is 2.91. The highest BCUT2D eigenvalue weighted by atomic mass is 16.5. The van der Waals surface area contributed by atoms with Crippen molar-refractivity contribution in [1.82, 2.24) is 0 Å². The molecule has 182 valence electrons. The molecule has 0 bridgehead atoms. The summed E-state index contributed by atoms with van der Waals surface area (Å²) >= 11 is 0. The lowest BCUT2D eigenvalue weighted by atomic mass is 10.0. The van der Waals surface area contributed by atoms with Crippen molar-refractivity contribution in [2.75, 3.05) is 13.2 Å². The van der Waals surface area contributed by atoms with E-state index in [1.807, 2.05) is 66.7 Å². The van der Waals surface area contributed by atoms with Gasteiger partial charge in [-0.2, -0.15) is 0 Å². The first-order valence-corrected chi connectivity index (χ1v) is 12.8. The molecule has 0 radical (unpaired) electrons. The van der Waals surface area contributed by atoms with E-state index in [2.05, 4.69) is 30.9 Å². The highest BCUT2D eigenvalue weighted by Gasteiger charge is 2.07. The molecule has 0 unspecified atom stereocenters. The fourth-order valence-corrected chi connectivity index (χ4v) is 3.69. The molecular weight excluding hydrogens is 432 g/mol. The molecule has 0 saturated carbocycles. The fourth-order valence-electron chi connectivity index (χ4n) is 3.69. The van der Waals surface area contributed by atoms with Gasteiger partial charge in [-0.05, 0) is 66.8 Å². The van der Waals surface area contributed by atoms with Gasteiger partial charge < -0.3 is 9.47 Å². The molecule has 0 saturated heterocycles. The summed E-state index contributed by atoms with van der Waals surface area (Å²) in [6.45, 7) is 3.40. The number of benzene rings is 3. The molecule has 3 nitrogen and oxygen atoms in total. The van der Waals surface area contributed by atoms with Gasteiger partial charge in [0.25, 0.3) is 0 Å². The Kier molecular flexibility index (Phi) is 11.5. The zero-order valence-corrected chi connectivity index (χ0v) is 20.8. The van der Waals surface area contributed by atoms with Gasteiger partial charge in [0.05, 0.1) is 18.8 Å². The van der Waals surface area contributed by atoms with Gasteiger partial charge in [0, 0.05) is 12.0 Å². The van der Waals surface area contributed by atoms with Crippen LogP contribution in [0.25, 0.3) is 11.1 Å². The van der Waals surface area contributed by atoms with Crippen molar-refractivity contribution >= 4 is 5.97 Å². The third kappa shape index (κ3) is 9.71. The van der Waals surface area contributed by atoms with Crippen molar-refractivity contribution in [1.29, 1.82) is 0 Å². The first kappa shape index (κ1) is 26.1. The number of ether oxygens (including phenoxy) is 2. The van der Waals surface area contributed by atoms with Crippen LogP contribution in [0.3, 0.4) is 0 Å². The SMILES string of the molecule is CCCCCCCOc1ccc(-c2ccc(C(=O)OCCCCC#Cc3ccccc3)cc2)cc1. The van der Waals surface area contributed by atoms with Gasteiger partial charge in [-0.25, -0.2) is 4.79 Å². The van der Waals surface area contributed by atoms with Crippen LogP contribution in [0.5, 0.6) is 5.75 Å². The van der Waals surface area contributed by atoms with Crippen LogP contribution in [0.1, 0.15) is 74.2 Å². The van der Waals surface area contributed by atoms with Crippen LogP contribution < -0.4 is 4.74 Å². The molecule has 0 heterocycles. The van der Waals surface area contributed by atoms with E-state index in [0.717, 1.165) is 54.7 Å². The molecule has 0 atom stereocenters. The largest absolute Gasteiger partial charge is 0.494 e. The second-order valence-electron chi connectivity index (χ2n) is 8.63. The van der Waals surface area contributed by atoms with Crippen molar-refractivity contribution < 1.29 is 14.3 Å². The van der Waals surface area contributed by atoms with E-state index in [0.29, 0.717) is 12.2 Å². The standard InChI is InChI=1S/C32H36O3/c1-2-3-4-6-12-25-34-31-23-21-29(22-24-31)28-17-19-30(20-18-28)32(33)35-26-13-7-5-9-14-27-15-10-8-11-16-27/h8,10-11,15-24H,2-7,12-13,25-26H2,1H3. The summed E-state index contributed by atoms with van der Waals surface area (Å²) in [5.41, 5.74) is 3.75. The lowest BCUT2D eigenvalue weighted by Crippen LogP contribution is -2.06. The minimum Gasteiger partial charge on any atom is -0.494 e. The lowest BCUT2D eigenvalue weighted by molar-refractivity contribution is 0.0499. The zero-order chi connectivity index (χ0) is 24.6. The first-order chi connectivity index (χ1) is 17.3. The first-order valence-electron chi connectivity index (χ1n) is 12.8. The van der Waals surface area contributed by atoms with E-state index in [-0.39, 0.29) is 5.97 Å². The van der Waals surface area contributed by atoms with Gasteiger partial charge in [0.15, 0.2) is 0 Å². The second-order valence-corrected chi connectivity index (χ2v) is 8.63. The summed E-state index contributed by atoms with van der Waals surface area (Å²) in [6, 6.07) is 25.6. The second kappa shape index (κ2) is 15.4. The van der Waals surface area contributed by atoms with Gasteiger partial charge in [0.1, 0.15) is 5.75 Å². The number of unbranched alkanes of at least 4 members (excludes halogenated alkanes) is 6. The maximum Gasteiger partial charge on any atom is 0.338 e. The third-order valence-electron chi connectivity index (χ3n) is 5.76. The van der Waals surface area contributed by atoms with E-state index >= 15 is 0 Å². The molecule has 0 aliphatic heterocycles. The summed E-state index contributed by atoms with van der Waals surface area (Å²) in [4.78, 5) is 12.3. The topological polar surface area (TPSA) is 35.5 Å². The normalized spacial score (nSPS) is 10.3. The zero-order valence-electron chi connectivity index (χ0n) is 20.8. The number of hydrogen-bond donors (Lipinski definition) is 0. The van der Waals surface area contributed by atoms with Crippen LogP contribution in [0.15, 0.2) is 78.9 Å². The van der Waals surface area contributed by atoms with Crippen molar-refractivity contribution in [3.63, 3.8) is 0 Å². The summed E-state index contributed by atoms with van der Waals surface area (Å²) < 4.78 is 11.3. The van der Waals surface area contributed by atoms with E-state index < -0.39 is 0 Å². The van der Waals surface area contributed by atoms with Crippen LogP contribution in [0.2, 0.25) is 0 Å². The Bertz CT molecular complexity index is 1060. The van der Waals surface area contributed by atoms with E-state index in [1.165, 1.54) is 25.7 Å². The Morgan fingerprint density at radius 3 is 2.09 bits per heavy atom. The van der Waals surface area contributed by atoms with Crippen LogP contribution in [0.4, 0.5) is 0 Å². The predicted molar refractivity (Wildman–Crippen MR) is 144 cm³/mol. The van der Waals surface area contributed by atoms with Crippen molar-refractivity contribution in [3.05, 3.63) is 90.0 Å². The molecule has 0 aliphatic rings. The highest BCUT2D eigenvalue weighted by molar-refractivity contribution is 5.90. The molecule has 3 rings (SSSR count). The Morgan fingerprint density at radius 2 is 1.37 bits per heavy atom. The average molecular weight is 469 g/mol. The number of carbonyl (C=O) groups is 1. The van der Waals surface area contributed by atoms with Crippen LogP contribution in [-0.2, 0) is 4.74 Å². The molecule has 3 aromatic rings. The Morgan fingerprint density at radius 1 is 0.714 bits per heavy atom. The van der Waals surface area contributed by atoms with Crippen LogP contribution in [0, 0.1) is 11.8 Å². The molecule has 0 aromatic heterocycles. The molecule has 0 aliphatic carbocycles. The molecule has 3 aromatic carbocycles. The Balaban J connectivity index is 1.35. The molecule has 35 heavy (non-hydrogen) atoms. The number of esters is 1. The molecular formula is C32H36O3. The summed E-state index contributed by atoms with van der Waals surface area (Å²) in [7, 11) is 0. The quantitative estimate of drug-likeness (QED) is 0.144. The van der Waals surface area contributed by atoms with Crippen molar-refractivity contribution in [2.45, 2.75) is 58.3 Å². The minimum atomic E-state index is -0.283. The summed E-state index contributed by atoms with van der Waals surface area (Å²) in [5, 5.41) is 0. The Hall–Kier alpha value is -3.51. The summed E-state index contributed by atoms with van der Waals surface area (Å²) in [5.74, 6) is 6.93. The molecule has 0 amide bonds. The van der Waals surface area contributed by atoms with E-state index in [4.69, 9.17) is 9.47 Å². The molecule has 3 heteroatoms. The number of carbonyl (C=O) groups excluding carboxylic acids is 1. The van der Waals surface area contributed by atoms with Crippen LogP contribution in [-0.4, -0.2) is 19.2 Å². The molecule has 0 N–H and O–H groups in total. The predicted octanol–water partition coefficient (Wildman–Crippen LogP) is 8.08. The highest BCUT2D eigenvalue weighted by Crippen LogP contribution is 2.23.